The van der Waals surface area contributed by atoms with E-state index < -0.39 is 0 Å². The zero-order chi connectivity index (χ0) is 10.4. The lowest BCUT2D eigenvalue weighted by atomic mass is 9.84. The molecule has 2 nitrogen and oxygen atoms in total. The van der Waals surface area contributed by atoms with Gasteiger partial charge >= 0.3 is 0 Å². The molecule has 0 radical (unpaired) electrons. The Bertz CT molecular complexity index is 146. The van der Waals surface area contributed by atoms with Crippen LogP contribution in [0.1, 0.15) is 46.0 Å². The largest absolute Gasteiger partial charge is 0.330 e. The highest BCUT2D eigenvalue weighted by Gasteiger charge is 2.19. The van der Waals surface area contributed by atoms with Crippen molar-refractivity contribution in [1.29, 1.82) is 0 Å². The van der Waals surface area contributed by atoms with Crippen molar-refractivity contribution in [3.8, 4) is 0 Å². The highest BCUT2D eigenvalue weighted by molar-refractivity contribution is 4.74. The molecule has 1 fully saturated rings. The first-order valence-electron chi connectivity index (χ1n) is 6.05. The summed E-state index contributed by atoms with van der Waals surface area (Å²) in [6, 6.07) is 0. The van der Waals surface area contributed by atoms with E-state index in [1.807, 2.05) is 0 Å². The van der Waals surface area contributed by atoms with E-state index in [-0.39, 0.29) is 0 Å². The van der Waals surface area contributed by atoms with Crippen LogP contribution in [-0.4, -0.2) is 19.6 Å². The summed E-state index contributed by atoms with van der Waals surface area (Å²) >= 11 is 0. The second-order valence-electron chi connectivity index (χ2n) is 5.47. The monoisotopic (exact) mass is 198 g/mol. The normalized spacial score (nSPS) is 24.6. The molecule has 0 aromatic carbocycles. The van der Waals surface area contributed by atoms with Gasteiger partial charge in [0.25, 0.3) is 0 Å². The molecular formula is C12H26N2. The first-order chi connectivity index (χ1) is 6.64. The molecule has 0 aromatic rings. The van der Waals surface area contributed by atoms with Gasteiger partial charge in [-0.3, -0.25) is 0 Å². The van der Waals surface area contributed by atoms with Crippen LogP contribution in [0, 0.1) is 11.3 Å². The number of hydrogen-bond acceptors (Lipinski definition) is 2. The molecule has 0 bridgehead atoms. The van der Waals surface area contributed by atoms with Crippen LogP contribution < -0.4 is 11.1 Å². The zero-order valence-electron chi connectivity index (χ0n) is 9.81. The fourth-order valence-corrected chi connectivity index (χ4v) is 2.03. The summed E-state index contributed by atoms with van der Waals surface area (Å²) in [5.74, 6) is 0.892. The molecule has 3 N–H and O–H groups in total. The molecule has 1 unspecified atom stereocenters. The average molecular weight is 198 g/mol. The predicted octanol–water partition coefficient (Wildman–Crippen LogP) is 2.14. The highest BCUT2D eigenvalue weighted by atomic mass is 14.9. The van der Waals surface area contributed by atoms with Crippen molar-refractivity contribution in [1.82, 2.24) is 5.32 Å². The number of nitrogens with one attached hydrogen (secondary N) is 1. The van der Waals surface area contributed by atoms with Gasteiger partial charge in [0, 0.05) is 0 Å². The highest BCUT2D eigenvalue weighted by Crippen LogP contribution is 2.26. The van der Waals surface area contributed by atoms with Crippen molar-refractivity contribution in [2.45, 2.75) is 46.0 Å². The van der Waals surface area contributed by atoms with Gasteiger partial charge < -0.3 is 11.1 Å². The Hall–Kier alpha value is -0.0800. The Labute approximate surface area is 88.6 Å². The second kappa shape index (κ2) is 5.72. The van der Waals surface area contributed by atoms with Crippen LogP contribution in [0.15, 0.2) is 0 Å². The molecule has 1 aliphatic heterocycles. The van der Waals surface area contributed by atoms with Gasteiger partial charge in [-0.1, -0.05) is 20.3 Å². The topological polar surface area (TPSA) is 38.0 Å². The third kappa shape index (κ3) is 4.43. The molecule has 0 spiro atoms. The minimum Gasteiger partial charge on any atom is -0.330 e. The SMILES string of the molecule is CC(C)(CN)CCC1CCCCNC1. The molecule has 1 heterocycles. The molecule has 0 amide bonds. The molecule has 0 aromatic heterocycles. The van der Waals surface area contributed by atoms with E-state index in [0.29, 0.717) is 5.41 Å². The predicted molar refractivity (Wildman–Crippen MR) is 62.3 cm³/mol. The summed E-state index contributed by atoms with van der Waals surface area (Å²) in [5, 5.41) is 3.52. The molecule has 84 valence electrons. The van der Waals surface area contributed by atoms with Crippen molar-refractivity contribution in [2.24, 2.45) is 17.1 Å². The maximum Gasteiger partial charge on any atom is -0.00205 e. The molecule has 2 heteroatoms. The number of rotatable bonds is 4. The standard InChI is InChI=1S/C12H26N2/c1-12(2,10-13)7-6-11-5-3-4-8-14-9-11/h11,14H,3-10,13H2,1-2H3. The Morgan fingerprint density at radius 2 is 2.14 bits per heavy atom. The van der Waals surface area contributed by atoms with Crippen molar-refractivity contribution in [3.63, 3.8) is 0 Å². The summed E-state index contributed by atoms with van der Waals surface area (Å²) in [4.78, 5) is 0. The summed E-state index contributed by atoms with van der Waals surface area (Å²) < 4.78 is 0. The molecule has 14 heavy (non-hydrogen) atoms. The third-order valence-corrected chi connectivity index (χ3v) is 3.43. The van der Waals surface area contributed by atoms with Gasteiger partial charge in [0.1, 0.15) is 0 Å². The average Bonchev–Trinajstić information content (AvgIpc) is 2.43. The van der Waals surface area contributed by atoms with Crippen LogP contribution in [0.5, 0.6) is 0 Å². The Morgan fingerprint density at radius 1 is 1.36 bits per heavy atom. The van der Waals surface area contributed by atoms with Gasteiger partial charge in [-0.05, 0) is 56.7 Å². The summed E-state index contributed by atoms with van der Waals surface area (Å²) in [6.07, 6.45) is 6.79. The lowest BCUT2D eigenvalue weighted by Gasteiger charge is -2.25. The van der Waals surface area contributed by atoms with Crippen LogP contribution in [0.25, 0.3) is 0 Å². The molecular weight excluding hydrogens is 172 g/mol. The van der Waals surface area contributed by atoms with E-state index in [0.717, 1.165) is 12.5 Å². The first-order valence-corrected chi connectivity index (χ1v) is 6.05. The summed E-state index contributed by atoms with van der Waals surface area (Å²) in [6.45, 7) is 7.80. The summed E-state index contributed by atoms with van der Waals surface area (Å²) in [5.41, 5.74) is 6.08. The zero-order valence-corrected chi connectivity index (χ0v) is 9.81. The minimum atomic E-state index is 0.340. The van der Waals surface area contributed by atoms with Crippen molar-refractivity contribution >= 4 is 0 Å². The lowest BCUT2D eigenvalue weighted by Crippen LogP contribution is -2.26. The van der Waals surface area contributed by atoms with Gasteiger partial charge in [-0.2, -0.15) is 0 Å². The van der Waals surface area contributed by atoms with E-state index in [1.54, 1.807) is 0 Å². The van der Waals surface area contributed by atoms with E-state index in [2.05, 4.69) is 19.2 Å². The van der Waals surface area contributed by atoms with E-state index in [4.69, 9.17) is 5.73 Å². The van der Waals surface area contributed by atoms with Gasteiger partial charge in [-0.15, -0.1) is 0 Å². The molecule has 1 aliphatic rings. The maximum absolute atomic E-state index is 5.74. The summed E-state index contributed by atoms with van der Waals surface area (Å²) in [7, 11) is 0. The fourth-order valence-electron chi connectivity index (χ4n) is 2.03. The van der Waals surface area contributed by atoms with Crippen LogP contribution in [0.2, 0.25) is 0 Å². The van der Waals surface area contributed by atoms with E-state index >= 15 is 0 Å². The second-order valence-corrected chi connectivity index (χ2v) is 5.47. The van der Waals surface area contributed by atoms with Crippen LogP contribution in [0.4, 0.5) is 0 Å². The Morgan fingerprint density at radius 3 is 2.86 bits per heavy atom. The molecule has 1 saturated heterocycles. The smallest absolute Gasteiger partial charge is 0.00205 e. The van der Waals surface area contributed by atoms with Crippen molar-refractivity contribution < 1.29 is 0 Å². The molecule has 0 aliphatic carbocycles. The Balaban J connectivity index is 2.22. The quantitative estimate of drug-likeness (QED) is 0.726. The number of nitrogens with two attached hydrogens (primary N) is 1. The molecule has 1 rings (SSSR count). The lowest BCUT2D eigenvalue weighted by molar-refractivity contribution is 0.294. The van der Waals surface area contributed by atoms with Gasteiger partial charge in [0.05, 0.1) is 0 Å². The first kappa shape index (κ1) is 12.0. The van der Waals surface area contributed by atoms with Gasteiger partial charge in [-0.25, -0.2) is 0 Å². The molecule has 0 saturated carbocycles. The minimum absolute atomic E-state index is 0.340. The third-order valence-electron chi connectivity index (χ3n) is 3.43. The van der Waals surface area contributed by atoms with Crippen LogP contribution in [-0.2, 0) is 0 Å². The Kier molecular flexibility index (Phi) is 4.90. The van der Waals surface area contributed by atoms with Crippen molar-refractivity contribution in [3.05, 3.63) is 0 Å². The number of hydrogen-bond donors (Lipinski definition) is 2. The van der Waals surface area contributed by atoms with Crippen LogP contribution >= 0.6 is 0 Å². The fraction of sp³-hybridized carbons (Fsp3) is 1.00. The molecule has 1 atom stereocenters. The van der Waals surface area contributed by atoms with Crippen molar-refractivity contribution in [2.75, 3.05) is 19.6 Å². The van der Waals surface area contributed by atoms with Gasteiger partial charge in [0.15, 0.2) is 0 Å². The van der Waals surface area contributed by atoms with E-state index in [1.165, 1.54) is 45.2 Å². The maximum atomic E-state index is 5.74. The van der Waals surface area contributed by atoms with E-state index in [9.17, 15) is 0 Å². The van der Waals surface area contributed by atoms with Gasteiger partial charge in [0.2, 0.25) is 0 Å². The van der Waals surface area contributed by atoms with Crippen LogP contribution in [0.3, 0.4) is 0 Å².